The smallest absolute Gasteiger partial charge is 0.261 e. The molecule has 1 unspecified atom stereocenters. The van der Waals surface area contributed by atoms with Gasteiger partial charge in [-0.3, -0.25) is 14.5 Å². The highest BCUT2D eigenvalue weighted by Crippen LogP contribution is 2.25. The number of fused-ring (bicyclic) bond motifs is 1. The Balaban J connectivity index is 1.82. The van der Waals surface area contributed by atoms with Gasteiger partial charge in [0.05, 0.1) is 17.7 Å². The molecule has 0 bridgehead atoms. The molecule has 19 heavy (non-hydrogen) atoms. The first-order chi connectivity index (χ1) is 9.16. The second-order valence-corrected chi connectivity index (χ2v) is 4.99. The first-order valence-corrected chi connectivity index (χ1v) is 6.47. The molecule has 0 spiro atoms. The number of rotatable bonds is 2. The van der Waals surface area contributed by atoms with Gasteiger partial charge in [-0.15, -0.1) is 0 Å². The van der Waals surface area contributed by atoms with E-state index in [0.29, 0.717) is 17.7 Å². The first kappa shape index (κ1) is 12.2. The predicted octanol–water partition coefficient (Wildman–Crippen LogP) is 1.50. The van der Waals surface area contributed by atoms with Gasteiger partial charge in [0.15, 0.2) is 0 Å². The molecule has 1 aromatic rings. The van der Waals surface area contributed by atoms with Gasteiger partial charge in [0, 0.05) is 25.4 Å². The standard InChI is InChI=1S/C14H16N2O3/c1-16-13(17)11-5-4-9(7-12(11)14(16)18)15-10-3-2-6-19-8-10/h4-5,7,10,15H,2-3,6,8H2,1H3. The number of nitrogens with zero attached hydrogens (tertiary/aromatic N) is 1. The number of nitrogens with one attached hydrogen (secondary N) is 1. The summed E-state index contributed by atoms with van der Waals surface area (Å²) in [4.78, 5) is 24.8. The fourth-order valence-corrected chi connectivity index (χ4v) is 2.54. The third-order valence-electron chi connectivity index (χ3n) is 3.62. The second-order valence-electron chi connectivity index (χ2n) is 4.99. The summed E-state index contributed by atoms with van der Waals surface area (Å²) in [5, 5.41) is 3.35. The summed E-state index contributed by atoms with van der Waals surface area (Å²) in [5.74, 6) is -0.462. The number of hydrogen-bond acceptors (Lipinski definition) is 4. The molecule has 0 aromatic heterocycles. The van der Waals surface area contributed by atoms with Crippen molar-refractivity contribution in [3.05, 3.63) is 29.3 Å². The number of anilines is 1. The number of imide groups is 1. The Hall–Kier alpha value is -1.88. The zero-order chi connectivity index (χ0) is 13.4. The van der Waals surface area contributed by atoms with Crippen molar-refractivity contribution in [3.63, 3.8) is 0 Å². The van der Waals surface area contributed by atoms with E-state index < -0.39 is 0 Å². The van der Waals surface area contributed by atoms with Crippen molar-refractivity contribution in [2.45, 2.75) is 18.9 Å². The highest BCUT2D eigenvalue weighted by Gasteiger charge is 2.32. The van der Waals surface area contributed by atoms with Gasteiger partial charge in [0.2, 0.25) is 0 Å². The van der Waals surface area contributed by atoms with Crippen molar-refractivity contribution in [1.82, 2.24) is 4.90 Å². The van der Waals surface area contributed by atoms with Gasteiger partial charge in [-0.1, -0.05) is 0 Å². The summed E-state index contributed by atoms with van der Waals surface area (Å²) in [7, 11) is 1.51. The van der Waals surface area contributed by atoms with Crippen molar-refractivity contribution in [2.24, 2.45) is 0 Å². The predicted molar refractivity (Wildman–Crippen MR) is 70.3 cm³/mol. The number of hydrogen-bond donors (Lipinski definition) is 1. The van der Waals surface area contributed by atoms with E-state index in [9.17, 15) is 9.59 Å². The average Bonchev–Trinajstić information content (AvgIpc) is 2.65. The van der Waals surface area contributed by atoms with Crippen molar-refractivity contribution >= 4 is 17.5 Å². The van der Waals surface area contributed by atoms with Crippen LogP contribution in [0.1, 0.15) is 33.6 Å². The number of ether oxygens (including phenoxy) is 1. The molecule has 0 aliphatic carbocycles. The van der Waals surface area contributed by atoms with E-state index >= 15 is 0 Å². The maximum absolute atomic E-state index is 11.9. The molecular formula is C14H16N2O3. The summed E-state index contributed by atoms with van der Waals surface area (Å²) in [6.07, 6.45) is 2.10. The Morgan fingerprint density at radius 1 is 1.26 bits per heavy atom. The lowest BCUT2D eigenvalue weighted by molar-refractivity contribution is 0.0693. The van der Waals surface area contributed by atoms with Crippen molar-refractivity contribution in [1.29, 1.82) is 0 Å². The van der Waals surface area contributed by atoms with Crippen LogP contribution < -0.4 is 5.32 Å². The lowest BCUT2D eigenvalue weighted by Crippen LogP contribution is -2.30. The van der Waals surface area contributed by atoms with Crippen LogP contribution in [0.2, 0.25) is 0 Å². The molecule has 5 heteroatoms. The zero-order valence-electron chi connectivity index (χ0n) is 10.8. The molecule has 100 valence electrons. The van der Waals surface area contributed by atoms with Gasteiger partial charge in [-0.05, 0) is 31.0 Å². The highest BCUT2D eigenvalue weighted by molar-refractivity contribution is 6.21. The average molecular weight is 260 g/mol. The highest BCUT2D eigenvalue weighted by atomic mass is 16.5. The third-order valence-corrected chi connectivity index (χ3v) is 3.62. The Kier molecular flexibility index (Phi) is 2.98. The third kappa shape index (κ3) is 2.10. The van der Waals surface area contributed by atoms with E-state index in [1.165, 1.54) is 7.05 Å². The van der Waals surface area contributed by atoms with E-state index in [0.717, 1.165) is 30.0 Å². The molecule has 0 saturated carbocycles. The maximum Gasteiger partial charge on any atom is 0.261 e. The Labute approximate surface area is 111 Å². The summed E-state index contributed by atoms with van der Waals surface area (Å²) >= 11 is 0. The number of carbonyl (C=O) groups excluding carboxylic acids is 2. The van der Waals surface area contributed by atoms with Crippen molar-refractivity contribution in [2.75, 3.05) is 25.6 Å². The summed E-state index contributed by atoms with van der Waals surface area (Å²) < 4.78 is 5.41. The minimum absolute atomic E-state index is 0.229. The maximum atomic E-state index is 11.9. The number of benzene rings is 1. The summed E-state index contributed by atoms with van der Waals surface area (Å²) in [6, 6.07) is 5.59. The van der Waals surface area contributed by atoms with Crippen LogP contribution in [0, 0.1) is 0 Å². The van der Waals surface area contributed by atoms with E-state index in [-0.39, 0.29) is 17.9 Å². The molecule has 1 atom stereocenters. The van der Waals surface area contributed by atoms with Crippen LogP contribution >= 0.6 is 0 Å². The van der Waals surface area contributed by atoms with E-state index in [1.807, 2.05) is 6.07 Å². The molecule has 2 heterocycles. The molecule has 2 aliphatic heterocycles. The quantitative estimate of drug-likeness (QED) is 0.819. The molecule has 0 radical (unpaired) electrons. The van der Waals surface area contributed by atoms with E-state index in [4.69, 9.17) is 4.74 Å². The normalized spacial score (nSPS) is 22.6. The molecule has 3 rings (SSSR count). The second kappa shape index (κ2) is 4.66. The van der Waals surface area contributed by atoms with Crippen LogP contribution in [-0.2, 0) is 4.74 Å². The first-order valence-electron chi connectivity index (χ1n) is 6.47. The van der Waals surface area contributed by atoms with Crippen LogP contribution in [0.5, 0.6) is 0 Å². The van der Waals surface area contributed by atoms with Crippen molar-refractivity contribution in [3.8, 4) is 0 Å². The molecule has 1 saturated heterocycles. The SMILES string of the molecule is CN1C(=O)c2ccc(NC3CCCOC3)cc2C1=O. The van der Waals surface area contributed by atoms with Gasteiger partial charge < -0.3 is 10.1 Å². The molecule has 2 amide bonds. The minimum Gasteiger partial charge on any atom is -0.380 e. The molecule has 5 nitrogen and oxygen atoms in total. The summed E-state index contributed by atoms with van der Waals surface area (Å²) in [6.45, 7) is 1.50. The molecule has 2 aliphatic rings. The van der Waals surface area contributed by atoms with Gasteiger partial charge in [0.25, 0.3) is 11.8 Å². The van der Waals surface area contributed by atoms with Crippen LogP contribution in [0.3, 0.4) is 0 Å². The van der Waals surface area contributed by atoms with Crippen LogP contribution in [0.15, 0.2) is 18.2 Å². The van der Waals surface area contributed by atoms with Crippen LogP contribution in [0.4, 0.5) is 5.69 Å². The monoisotopic (exact) mass is 260 g/mol. The van der Waals surface area contributed by atoms with Gasteiger partial charge in [0.1, 0.15) is 0 Å². The fraction of sp³-hybridized carbons (Fsp3) is 0.429. The van der Waals surface area contributed by atoms with Crippen LogP contribution in [-0.4, -0.2) is 43.0 Å². The van der Waals surface area contributed by atoms with Gasteiger partial charge >= 0.3 is 0 Å². The topological polar surface area (TPSA) is 58.6 Å². The number of carbonyl (C=O) groups is 2. The molecular weight excluding hydrogens is 244 g/mol. The summed E-state index contributed by atoms with van der Waals surface area (Å²) in [5.41, 5.74) is 1.83. The largest absolute Gasteiger partial charge is 0.380 e. The minimum atomic E-state index is -0.233. The molecule has 1 N–H and O–H groups in total. The Bertz CT molecular complexity index is 535. The van der Waals surface area contributed by atoms with E-state index in [1.54, 1.807) is 12.1 Å². The molecule has 1 aromatic carbocycles. The zero-order valence-corrected chi connectivity index (χ0v) is 10.8. The Morgan fingerprint density at radius 2 is 2.05 bits per heavy atom. The van der Waals surface area contributed by atoms with Crippen molar-refractivity contribution < 1.29 is 14.3 Å². The lowest BCUT2D eigenvalue weighted by Gasteiger charge is -2.24. The van der Waals surface area contributed by atoms with Gasteiger partial charge in [-0.25, -0.2) is 0 Å². The molecule has 1 fully saturated rings. The number of amides is 2. The lowest BCUT2D eigenvalue weighted by atomic mass is 10.1. The van der Waals surface area contributed by atoms with Gasteiger partial charge in [-0.2, -0.15) is 0 Å². The van der Waals surface area contributed by atoms with Crippen LogP contribution in [0.25, 0.3) is 0 Å². The van der Waals surface area contributed by atoms with E-state index in [2.05, 4.69) is 5.32 Å². The Morgan fingerprint density at radius 3 is 2.79 bits per heavy atom. The fourth-order valence-electron chi connectivity index (χ4n) is 2.54.